The lowest BCUT2D eigenvalue weighted by atomic mass is 9.90. The molecule has 1 fully saturated rings. The molecule has 1 aliphatic heterocycles. The summed E-state index contributed by atoms with van der Waals surface area (Å²) in [6.45, 7) is 6.78. The number of hydrogen-bond acceptors (Lipinski definition) is 7. The first kappa shape index (κ1) is 31.4. The number of anilines is 1. The lowest BCUT2D eigenvalue weighted by molar-refractivity contribution is -0.126. The van der Waals surface area contributed by atoms with Gasteiger partial charge in [-0.15, -0.1) is 0 Å². The van der Waals surface area contributed by atoms with Gasteiger partial charge in [0, 0.05) is 49.8 Å². The first-order valence-corrected chi connectivity index (χ1v) is 14.7. The molecule has 0 bridgehead atoms. The highest BCUT2D eigenvalue weighted by molar-refractivity contribution is 6.08. The van der Waals surface area contributed by atoms with E-state index in [0.717, 1.165) is 33.2 Å². The number of ether oxygens (including phenoxy) is 1. The summed E-state index contributed by atoms with van der Waals surface area (Å²) in [7, 11) is 4.38. The van der Waals surface area contributed by atoms with Gasteiger partial charge in [-0.1, -0.05) is 62.4 Å². The van der Waals surface area contributed by atoms with Gasteiger partial charge in [0.1, 0.15) is 11.4 Å². The topological polar surface area (TPSA) is 136 Å². The highest BCUT2D eigenvalue weighted by Crippen LogP contribution is 2.33. The van der Waals surface area contributed by atoms with Crippen LogP contribution in [0.3, 0.4) is 0 Å². The number of aromatic nitrogens is 3. The van der Waals surface area contributed by atoms with Crippen LogP contribution in [0.4, 0.5) is 5.82 Å². The SMILES string of the molecule is COc1nc(NC(=O)c2c(-c3cccc(-c4ccccc4)c3C)n(C)c(=O)n(C)c2=O)ccc1CNCC1CC(C)(C)C(=O)N1. The largest absolute Gasteiger partial charge is 0.481 e. The van der Waals surface area contributed by atoms with E-state index in [1.165, 1.54) is 18.7 Å². The molecule has 2 aromatic heterocycles. The minimum atomic E-state index is -0.718. The average molecular weight is 611 g/mol. The van der Waals surface area contributed by atoms with Crippen LogP contribution in [0.1, 0.15) is 41.8 Å². The van der Waals surface area contributed by atoms with E-state index in [1.807, 2.05) is 63.2 Å². The molecular weight excluding hydrogens is 572 g/mol. The molecule has 4 aromatic rings. The summed E-state index contributed by atoms with van der Waals surface area (Å²) in [5, 5.41) is 9.08. The molecule has 1 saturated heterocycles. The summed E-state index contributed by atoms with van der Waals surface area (Å²) in [6.07, 6.45) is 0.738. The van der Waals surface area contributed by atoms with Crippen molar-refractivity contribution in [2.75, 3.05) is 19.0 Å². The average Bonchev–Trinajstić information content (AvgIpc) is 3.29. The summed E-state index contributed by atoms with van der Waals surface area (Å²) in [5.74, 6) is -0.173. The Morgan fingerprint density at radius 2 is 1.71 bits per heavy atom. The molecule has 1 unspecified atom stereocenters. The molecule has 11 heteroatoms. The van der Waals surface area contributed by atoms with E-state index in [0.29, 0.717) is 24.5 Å². The summed E-state index contributed by atoms with van der Waals surface area (Å²) >= 11 is 0. The van der Waals surface area contributed by atoms with Crippen LogP contribution in [-0.2, 0) is 25.4 Å². The van der Waals surface area contributed by atoms with Crippen LogP contribution in [-0.4, -0.2) is 45.6 Å². The number of methoxy groups -OCH3 is 1. The Hall–Kier alpha value is -5.03. The molecule has 5 rings (SSSR count). The Bertz CT molecular complexity index is 1890. The Kier molecular flexibility index (Phi) is 8.74. The van der Waals surface area contributed by atoms with Crippen LogP contribution >= 0.6 is 0 Å². The van der Waals surface area contributed by atoms with Crippen LogP contribution in [0.25, 0.3) is 22.4 Å². The van der Waals surface area contributed by atoms with E-state index in [2.05, 4.69) is 20.9 Å². The molecule has 0 radical (unpaired) electrons. The number of carbonyl (C=O) groups excluding carboxylic acids is 2. The third-order valence-corrected chi connectivity index (χ3v) is 8.35. The number of hydrogen-bond donors (Lipinski definition) is 3. The predicted octanol–water partition coefficient (Wildman–Crippen LogP) is 3.39. The smallest absolute Gasteiger partial charge is 0.330 e. The van der Waals surface area contributed by atoms with Crippen molar-refractivity contribution < 1.29 is 14.3 Å². The molecule has 3 N–H and O–H groups in total. The molecule has 2 amide bonds. The number of nitrogens with zero attached hydrogens (tertiary/aromatic N) is 3. The maximum Gasteiger partial charge on any atom is 0.330 e. The number of carbonyl (C=O) groups is 2. The first-order chi connectivity index (χ1) is 21.4. The molecule has 0 spiro atoms. The second-order valence-corrected chi connectivity index (χ2v) is 12.0. The Morgan fingerprint density at radius 1 is 1.00 bits per heavy atom. The molecule has 2 aromatic carbocycles. The predicted molar refractivity (Wildman–Crippen MR) is 173 cm³/mol. The second kappa shape index (κ2) is 12.5. The maximum atomic E-state index is 13.8. The van der Waals surface area contributed by atoms with Gasteiger partial charge in [-0.05, 0) is 42.2 Å². The number of nitrogens with one attached hydrogen (secondary N) is 3. The van der Waals surface area contributed by atoms with Gasteiger partial charge in [0.25, 0.3) is 11.5 Å². The van der Waals surface area contributed by atoms with E-state index >= 15 is 0 Å². The molecule has 3 heterocycles. The van der Waals surface area contributed by atoms with Crippen molar-refractivity contribution in [1.82, 2.24) is 24.8 Å². The minimum Gasteiger partial charge on any atom is -0.481 e. The van der Waals surface area contributed by atoms with Gasteiger partial charge in [-0.25, -0.2) is 4.79 Å². The summed E-state index contributed by atoms with van der Waals surface area (Å²) in [4.78, 5) is 57.0. The summed E-state index contributed by atoms with van der Waals surface area (Å²) < 4.78 is 7.75. The highest BCUT2D eigenvalue weighted by Gasteiger charge is 2.38. The Morgan fingerprint density at radius 3 is 2.38 bits per heavy atom. The van der Waals surface area contributed by atoms with Gasteiger partial charge in [-0.2, -0.15) is 4.98 Å². The van der Waals surface area contributed by atoms with Gasteiger partial charge in [0.05, 0.1) is 12.8 Å². The third-order valence-electron chi connectivity index (χ3n) is 8.35. The summed E-state index contributed by atoms with van der Waals surface area (Å²) in [6, 6.07) is 18.8. The fourth-order valence-corrected chi connectivity index (χ4v) is 5.86. The molecule has 0 aliphatic carbocycles. The van der Waals surface area contributed by atoms with Crippen molar-refractivity contribution >= 4 is 17.6 Å². The first-order valence-electron chi connectivity index (χ1n) is 14.7. The van der Waals surface area contributed by atoms with Crippen LogP contribution in [0.5, 0.6) is 5.88 Å². The number of benzene rings is 2. The fourth-order valence-electron chi connectivity index (χ4n) is 5.86. The molecule has 234 valence electrons. The zero-order valence-corrected chi connectivity index (χ0v) is 26.4. The number of rotatable bonds is 9. The molecular formula is C34H38N6O5. The van der Waals surface area contributed by atoms with Crippen molar-refractivity contribution in [3.63, 3.8) is 0 Å². The van der Waals surface area contributed by atoms with Crippen LogP contribution in [0, 0.1) is 12.3 Å². The van der Waals surface area contributed by atoms with Gasteiger partial charge < -0.3 is 20.7 Å². The van der Waals surface area contributed by atoms with Gasteiger partial charge in [0.2, 0.25) is 11.8 Å². The highest BCUT2D eigenvalue weighted by atomic mass is 16.5. The van der Waals surface area contributed by atoms with Crippen molar-refractivity contribution in [3.8, 4) is 28.3 Å². The van der Waals surface area contributed by atoms with Crippen LogP contribution in [0.2, 0.25) is 0 Å². The molecule has 11 nitrogen and oxygen atoms in total. The zero-order chi connectivity index (χ0) is 32.5. The number of pyridine rings is 1. The van der Waals surface area contributed by atoms with Gasteiger partial charge in [-0.3, -0.25) is 23.5 Å². The second-order valence-electron chi connectivity index (χ2n) is 12.0. The monoisotopic (exact) mass is 610 g/mol. The van der Waals surface area contributed by atoms with Gasteiger partial charge in [0.15, 0.2) is 0 Å². The fraction of sp³-hybridized carbons (Fsp3) is 0.324. The number of amides is 2. The molecule has 0 saturated carbocycles. The zero-order valence-electron chi connectivity index (χ0n) is 26.4. The van der Waals surface area contributed by atoms with Gasteiger partial charge >= 0.3 is 5.69 Å². The van der Waals surface area contributed by atoms with Crippen molar-refractivity contribution in [2.45, 2.75) is 39.8 Å². The van der Waals surface area contributed by atoms with Crippen molar-refractivity contribution in [3.05, 3.63) is 98.2 Å². The quantitative estimate of drug-likeness (QED) is 0.264. The Balaban J connectivity index is 1.44. The van der Waals surface area contributed by atoms with Crippen molar-refractivity contribution in [2.24, 2.45) is 19.5 Å². The van der Waals surface area contributed by atoms with Crippen LogP contribution in [0.15, 0.2) is 70.3 Å². The minimum absolute atomic E-state index is 0.0284. The molecule has 45 heavy (non-hydrogen) atoms. The van der Waals surface area contributed by atoms with E-state index in [4.69, 9.17) is 4.74 Å². The standard InChI is InChI=1S/C34H38N6O5/c1-20-24(21-11-8-7-9-12-21)13-10-14-25(20)28-27(31(42)40(5)33(44)39(28)4)29(41)37-26-16-15-22(30(38-26)45-6)18-35-19-23-17-34(2,3)32(43)36-23/h7-16,23,35H,17-19H2,1-6H3,(H,36,43)(H,37,38,41). The maximum absolute atomic E-state index is 13.8. The lowest BCUT2D eigenvalue weighted by Crippen LogP contribution is -2.42. The third kappa shape index (κ3) is 6.16. The van der Waals surface area contributed by atoms with E-state index < -0.39 is 17.2 Å². The lowest BCUT2D eigenvalue weighted by Gasteiger charge is -2.19. The van der Waals surface area contributed by atoms with Crippen LogP contribution < -0.4 is 31.9 Å². The normalized spacial score (nSPS) is 15.5. The summed E-state index contributed by atoms with van der Waals surface area (Å²) in [5.41, 5.74) is 2.44. The van der Waals surface area contributed by atoms with Crippen molar-refractivity contribution in [1.29, 1.82) is 0 Å². The molecule has 1 aliphatic rings. The van der Waals surface area contributed by atoms with E-state index in [1.54, 1.807) is 25.2 Å². The molecule has 1 atom stereocenters. The van der Waals surface area contributed by atoms with E-state index in [-0.39, 0.29) is 34.4 Å². The van der Waals surface area contributed by atoms with E-state index in [9.17, 15) is 19.2 Å². The Labute approximate surface area is 261 Å².